The number of nitrogens with two attached hydrogens (primary N) is 1. The normalized spacial score (nSPS) is 28.5. The van der Waals surface area contributed by atoms with Crippen LogP contribution in [0.4, 0.5) is 5.82 Å². The first-order chi connectivity index (χ1) is 16.7. The third-order valence-corrected chi connectivity index (χ3v) is 8.41. The average Bonchev–Trinajstić information content (AvgIpc) is 3.39. The molecule has 1 aromatic carbocycles. The minimum absolute atomic E-state index is 0.0586. The fourth-order valence-corrected chi connectivity index (χ4v) is 5.63. The van der Waals surface area contributed by atoms with Crippen molar-refractivity contribution in [2.75, 3.05) is 11.1 Å². The van der Waals surface area contributed by atoms with Crippen molar-refractivity contribution in [2.24, 2.45) is 5.14 Å². The number of sulfonamides is 1. The van der Waals surface area contributed by atoms with E-state index >= 15 is 0 Å². The summed E-state index contributed by atoms with van der Waals surface area (Å²) in [5.41, 5.74) is 1.84. The zero-order valence-corrected chi connectivity index (χ0v) is 20.5. The van der Waals surface area contributed by atoms with Gasteiger partial charge in [-0.05, 0) is 30.5 Å². The first-order valence-electron chi connectivity index (χ1n) is 11.4. The fourth-order valence-electron chi connectivity index (χ4n) is 4.42. The zero-order chi connectivity index (χ0) is 24.9. The number of aliphatic hydroxyl groups is 3. The van der Waals surface area contributed by atoms with Gasteiger partial charge >= 0.3 is 0 Å². The van der Waals surface area contributed by atoms with Crippen LogP contribution in [-0.2, 0) is 10.0 Å². The second-order valence-corrected chi connectivity index (χ2v) is 11.6. The third kappa shape index (κ3) is 4.73. The number of nitrogens with one attached hydrogen (secondary N) is 1. The van der Waals surface area contributed by atoms with Crippen LogP contribution in [0.15, 0.2) is 34.3 Å². The van der Waals surface area contributed by atoms with Crippen molar-refractivity contribution >= 4 is 38.8 Å². The Bertz CT molecular complexity index is 1330. The third-order valence-electron chi connectivity index (χ3n) is 6.42. The highest BCUT2D eigenvalue weighted by atomic mass is 32.2. The Hall–Kier alpha value is -2.36. The Morgan fingerprint density at radius 3 is 2.51 bits per heavy atom. The number of hydrogen-bond donors (Lipinski definition) is 5. The molecule has 35 heavy (non-hydrogen) atoms. The fraction of sp³-hybridized carbons (Fsp3) is 0.524. The molecule has 3 aromatic rings. The lowest BCUT2D eigenvalue weighted by Crippen LogP contribution is -2.31. The minimum Gasteiger partial charge on any atom is -0.390 e. The van der Waals surface area contributed by atoms with E-state index in [0.717, 1.165) is 24.2 Å². The van der Waals surface area contributed by atoms with Crippen molar-refractivity contribution in [3.63, 3.8) is 0 Å². The van der Waals surface area contributed by atoms with E-state index in [2.05, 4.69) is 32.5 Å². The molecule has 2 aliphatic carbocycles. The van der Waals surface area contributed by atoms with Gasteiger partial charge in [0.05, 0.1) is 17.0 Å². The minimum atomic E-state index is -3.74. The molecule has 2 fully saturated rings. The lowest BCUT2D eigenvalue weighted by atomic mass is 10.1. The molecule has 2 aliphatic rings. The summed E-state index contributed by atoms with van der Waals surface area (Å²) in [6.45, 7) is 2.06. The number of nitrogens with zero attached hydrogens (tertiary/aromatic N) is 5. The summed E-state index contributed by atoms with van der Waals surface area (Å²) < 4.78 is 24.5. The van der Waals surface area contributed by atoms with Crippen LogP contribution < -0.4 is 10.5 Å². The Balaban J connectivity index is 1.42. The summed E-state index contributed by atoms with van der Waals surface area (Å²) in [4.78, 5) is 9.33. The molecule has 2 heterocycles. The zero-order valence-electron chi connectivity index (χ0n) is 18.9. The van der Waals surface area contributed by atoms with Crippen molar-refractivity contribution in [1.82, 2.24) is 25.0 Å². The van der Waals surface area contributed by atoms with Crippen LogP contribution in [-0.4, -0.2) is 78.8 Å². The monoisotopic (exact) mass is 521 g/mol. The number of primary sulfonamides is 1. The maximum Gasteiger partial charge on any atom is 0.238 e. The molecular weight excluding hydrogens is 494 g/mol. The second kappa shape index (κ2) is 9.26. The van der Waals surface area contributed by atoms with Crippen LogP contribution >= 0.6 is 11.8 Å². The number of hydrogen-bond acceptors (Lipinski definition) is 11. The van der Waals surface area contributed by atoms with E-state index in [1.165, 1.54) is 28.6 Å². The van der Waals surface area contributed by atoms with Crippen molar-refractivity contribution in [3.8, 4) is 0 Å². The van der Waals surface area contributed by atoms with E-state index in [1.807, 2.05) is 0 Å². The molecular formula is C21H27N7O5S2. The van der Waals surface area contributed by atoms with Gasteiger partial charge in [-0.3, -0.25) is 0 Å². The average molecular weight is 522 g/mol. The topological polar surface area (TPSA) is 189 Å². The van der Waals surface area contributed by atoms with Crippen LogP contribution in [0, 0.1) is 0 Å². The van der Waals surface area contributed by atoms with Crippen LogP contribution in [0.2, 0.25) is 0 Å². The largest absolute Gasteiger partial charge is 0.390 e. The van der Waals surface area contributed by atoms with Gasteiger partial charge in [-0.25, -0.2) is 28.2 Å². The molecule has 2 aromatic heterocycles. The Labute approximate surface area is 206 Å². The molecule has 0 radical (unpaired) electrons. The van der Waals surface area contributed by atoms with Gasteiger partial charge in [0.15, 0.2) is 22.1 Å². The van der Waals surface area contributed by atoms with Gasteiger partial charge in [-0.15, -0.1) is 5.10 Å². The molecule has 5 rings (SSSR count). The predicted molar refractivity (Wildman–Crippen MR) is 128 cm³/mol. The van der Waals surface area contributed by atoms with Crippen LogP contribution in [0.25, 0.3) is 11.2 Å². The van der Waals surface area contributed by atoms with Gasteiger partial charge in [0, 0.05) is 24.1 Å². The second-order valence-electron chi connectivity index (χ2n) is 8.97. The predicted octanol–water partition coefficient (Wildman–Crippen LogP) is 0.366. The van der Waals surface area contributed by atoms with Gasteiger partial charge in [-0.2, -0.15) is 0 Å². The molecule has 0 saturated heterocycles. The SMILES string of the molecule is CCCSc1nc(NC2CC2c2ccc(S(N)(=O)=O)cc2)c2nnn(C3CC(O)C(O)C3O)c2n1. The highest BCUT2D eigenvalue weighted by Gasteiger charge is 2.44. The van der Waals surface area contributed by atoms with Crippen LogP contribution in [0.3, 0.4) is 0 Å². The van der Waals surface area contributed by atoms with E-state index < -0.39 is 34.4 Å². The molecule has 0 spiro atoms. The first-order valence-corrected chi connectivity index (χ1v) is 13.9. The van der Waals surface area contributed by atoms with Gasteiger partial charge in [0.2, 0.25) is 10.0 Å². The molecule has 6 unspecified atom stereocenters. The first kappa shape index (κ1) is 24.3. The molecule has 0 aliphatic heterocycles. The summed E-state index contributed by atoms with van der Waals surface area (Å²) in [6.07, 6.45) is -1.63. The van der Waals surface area contributed by atoms with Crippen LogP contribution in [0.5, 0.6) is 0 Å². The Morgan fingerprint density at radius 1 is 1.14 bits per heavy atom. The van der Waals surface area contributed by atoms with Gasteiger partial charge in [0.25, 0.3) is 0 Å². The lowest BCUT2D eigenvalue weighted by molar-refractivity contribution is -0.0253. The van der Waals surface area contributed by atoms with Crippen molar-refractivity contribution in [2.45, 2.75) is 72.6 Å². The number of fused-ring (bicyclic) bond motifs is 1. The summed E-state index contributed by atoms with van der Waals surface area (Å²) in [5, 5.41) is 48.0. The Morgan fingerprint density at radius 2 is 1.89 bits per heavy atom. The number of anilines is 1. The van der Waals surface area contributed by atoms with E-state index in [9.17, 15) is 23.7 Å². The smallest absolute Gasteiger partial charge is 0.238 e. The van der Waals surface area contributed by atoms with E-state index in [0.29, 0.717) is 22.1 Å². The van der Waals surface area contributed by atoms with E-state index in [4.69, 9.17) is 5.14 Å². The number of thioether (sulfide) groups is 1. The van der Waals surface area contributed by atoms with E-state index in [-0.39, 0.29) is 23.3 Å². The molecule has 6 atom stereocenters. The number of aromatic nitrogens is 5. The van der Waals surface area contributed by atoms with Crippen molar-refractivity contribution in [3.05, 3.63) is 29.8 Å². The molecule has 188 valence electrons. The maximum atomic E-state index is 11.5. The quantitative estimate of drug-likeness (QED) is 0.203. The van der Waals surface area contributed by atoms with Gasteiger partial charge in [0.1, 0.15) is 12.2 Å². The van der Waals surface area contributed by atoms with Gasteiger partial charge in [-0.1, -0.05) is 36.0 Å². The molecule has 14 heteroatoms. The van der Waals surface area contributed by atoms with E-state index in [1.54, 1.807) is 12.1 Å². The highest BCUT2D eigenvalue weighted by molar-refractivity contribution is 7.99. The summed E-state index contributed by atoms with van der Waals surface area (Å²) in [6, 6.07) is 5.93. The number of rotatable bonds is 8. The standard InChI is InChI=1S/C21H27N7O5S2/c1-2-7-34-21-24-19(23-13-8-12(13)10-3-5-11(6-4-10)35(22,32)33)16-20(25-21)28(27-26-16)14-9-15(29)18(31)17(14)30/h3-6,12-15,17-18,29-31H,2,7-9H2,1H3,(H2,22,32,33)(H,23,24,25). The molecule has 0 amide bonds. The summed E-state index contributed by atoms with van der Waals surface area (Å²) >= 11 is 1.49. The molecule has 12 nitrogen and oxygen atoms in total. The van der Waals surface area contributed by atoms with Gasteiger partial charge < -0.3 is 20.6 Å². The number of benzene rings is 1. The molecule has 0 bridgehead atoms. The number of aliphatic hydroxyl groups excluding tert-OH is 3. The Kier molecular flexibility index (Phi) is 6.44. The maximum absolute atomic E-state index is 11.5. The highest BCUT2D eigenvalue weighted by Crippen LogP contribution is 2.43. The summed E-state index contributed by atoms with van der Waals surface area (Å²) in [5.74, 6) is 1.50. The van der Waals surface area contributed by atoms with Crippen LogP contribution in [0.1, 0.15) is 43.7 Å². The molecule has 2 saturated carbocycles. The lowest BCUT2D eigenvalue weighted by Gasteiger charge is -2.16. The molecule has 6 N–H and O–H groups in total. The van der Waals surface area contributed by atoms with Crippen molar-refractivity contribution < 1.29 is 23.7 Å². The summed E-state index contributed by atoms with van der Waals surface area (Å²) in [7, 11) is -3.74. The van der Waals surface area contributed by atoms with Crippen molar-refractivity contribution in [1.29, 1.82) is 0 Å².